The van der Waals surface area contributed by atoms with Crippen LogP contribution in [-0.4, -0.2) is 27.9 Å². The Labute approximate surface area is 92.1 Å². The van der Waals surface area contributed by atoms with Crippen molar-refractivity contribution in [2.45, 2.75) is 40.7 Å². The highest BCUT2D eigenvalue weighted by Gasteiger charge is 2.20. The molecule has 1 rings (SSSR count). The first kappa shape index (κ1) is 12.2. The lowest BCUT2D eigenvalue weighted by molar-refractivity contribution is 0.328. The monoisotopic (exact) mass is 210 g/mol. The zero-order valence-corrected chi connectivity index (χ0v) is 10.2. The van der Waals surface area contributed by atoms with E-state index >= 15 is 0 Å². The number of aromatic nitrogens is 3. The van der Waals surface area contributed by atoms with Crippen LogP contribution < -0.4 is 5.32 Å². The van der Waals surface area contributed by atoms with Crippen LogP contribution in [0.25, 0.3) is 0 Å². The number of aryl methyl sites for hydroxylation is 1. The van der Waals surface area contributed by atoms with Gasteiger partial charge in [-0.15, -0.1) is 0 Å². The van der Waals surface area contributed by atoms with Crippen LogP contribution in [-0.2, 0) is 13.0 Å². The summed E-state index contributed by atoms with van der Waals surface area (Å²) in [7, 11) is 0. The van der Waals surface area contributed by atoms with Crippen LogP contribution in [0.5, 0.6) is 0 Å². The van der Waals surface area contributed by atoms with E-state index < -0.39 is 0 Å². The average Bonchev–Trinajstić information content (AvgIpc) is 2.61. The molecular formula is C11H22N4. The zero-order chi connectivity index (χ0) is 11.3. The van der Waals surface area contributed by atoms with Gasteiger partial charge in [0.1, 0.15) is 12.2 Å². The van der Waals surface area contributed by atoms with Gasteiger partial charge in [-0.2, -0.15) is 5.10 Å². The van der Waals surface area contributed by atoms with Crippen molar-refractivity contribution in [3.8, 4) is 0 Å². The van der Waals surface area contributed by atoms with Gasteiger partial charge in [-0.05, 0) is 18.9 Å². The summed E-state index contributed by atoms with van der Waals surface area (Å²) in [5.74, 6) is 1.08. The predicted octanol–water partition coefficient (Wildman–Crippen LogP) is 1.48. The number of nitrogens with zero attached hydrogens (tertiary/aromatic N) is 3. The second-order valence-electron chi connectivity index (χ2n) is 4.61. The third-order valence-corrected chi connectivity index (χ3v) is 2.49. The molecule has 0 aliphatic rings. The second-order valence-corrected chi connectivity index (χ2v) is 4.61. The largest absolute Gasteiger partial charge is 0.316 e. The van der Waals surface area contributed by atoms with E-state index in [1.807, 2.05) is 4.68 Å². The van der Waals surface area contributed by atoms with Crippen molar-refractivity contribution in [3.05, 3.63) is 12.2 Å². The highest BCUT2D eigenvalue weighted by Crippen LogP contribution is 2.19. The van der Waals surface area contributed by atoms with Crippen LogP contribution in [0, 0.1) is 5.41 Å². The number of hydrogen-bond donors (Lipinski definition) is 1. The molecule has 0 amide bonds. The van der Waals surface area contributed by atoms with E-state index in [4.69, 9.17) is 0 Å². The Morgan fingerprint density at radius 1 is 1.40 bits per heavy atom. The van der Waals surface area contributed by atoms with Gasteiger partial charge in [0.2, 0.25) is 0 Å². The summed E-state index contributed by atoms with van der Waals surface area (Å²) in [4.78, 5) is 4.30. The molecule has 0 saturated carbocycles. The van der Waals surface area contributed by atoms with Crippen molar-refractivity contribution < 1.29 is 0 Å². The molecule has 0 aliphatic carbocycles. The minimum absolute atomic E-state index is 0.232. The molecule has 0 aliphatic heterocycles. The summed E-state index contributed by atoms with van der Waals surface area (Å²) in [6.45, 7) is 11.7. The summed E-state index contributed by atoms with van der Waals surface area (Å²) in [6, 6.07) is 0. The minimum atomic E-state index is 0.232. The van der Waals surface area contributed by atoms with E-state index in [-0.39, 0.29) is 5.41 Å². The topological polar surface area (TPSA) is 42.7 Å². The Morgan fingerprint density at radius 3 is 2.73 bits per heavy atom. The van der Waals surface area contributed by atoms with Gasteiger partial charge < -0.3 is 5.32 Å². The minimum Gasteiger partial charge on any atom is -0.316 e. The highest BCUT2D eigenvalue weighted by atomic mass is 15.3. The fourth-order valence-corrected chi connectivity index (χ4v) is 1.64. The van der Waals surface area contributed by atoms with Crippen molar-refractivity contribution in [2.24, 2.45) is 5.41 Å². The van der Waals surface area contributed by atoms with E-state index in [0.29, 0.717) is 0 Å². The average molecular weight is 210 g/mol. The molecule has 0 saturated heterocycles. The van der Waals surface area contributed by atoms with Crippen molar-refractivity contribution in [1.29, 1.82) is 0 Å². The van der Waals surface area contributed by atoms with Crippen molar-refractivity contribution in [1.82, 2.24) is 20.1 Å². The summed E-state index contributed by atoms with van der Waals surface area (Å²) < 4.78 is 1.97. The van der Waals surface area contributed by atoms with E-state index in [9.17, 15) is 0 Å². The molecule has 0 atom stereocenters. The maximum Gasteiger partial charge on any atom is 0.138 e. The summed E-state index contributed by atoms with van der Waals surface area (Å²) in [5, 5.41) is 7.57. The molecule has 0 aromatic carbocycles. The summed E-state index contributed by atoms with van der Waals surface area (Å²) in [5.41, 5.74) is 0.232. The van der Waals surface area contributed by atoms with E-state index in [2.05, 4.69) is 43.1 Å². The first-order valence-corrected chi connectivity index (χ1v) is 5.66. The molecule has 0 unspecified atom stereocenters. The molecular weight excluding hydrogens is 188 g/mol. The lowest BCUT2D eigenvalue weighted by Gasteiger charge is -2.24. The van der Waals surface area contributed by atoms with Gasteiger partial charge >= 0.3 is 0 Å². The molecule has 1 aromatic rings. The number of nitrogens with one attached hydrogen (secondary N) is 1. The normalized spacial score (nSPS) is 12.0. The number of hydrogen-bond acceptors (Lipinski definition) is 3. The second kappa shape index (κ2) is 5.26. The van der Waals surface area contributed by atoms with Crippen molar-refractivity contribution in [3.63, 3.8) is 0 Å². The zero-order valence-electron chi connectivity index (χ0n) is 10.2. The fourth-order valence-electron chi connectivity index (χ4n) is 1.64. The van der Waals surface area contributed by atoms with Crippen molar-refractivity contribution >= 4 is 0 Å². The smallest absolute Gasteiger partial charge is 0.138 e. The first-order chi connectivity index (χ1) is 7.09. The quantitative estimate of drug-likeness (QED) is 0.773. The molecule has 15 heavy (non-hydrogen) atoms. The maximum absolute atomic E-state index is 4.30. The van der Waals surface area contributed by atoms with Crippen LogP contribution in [0.3, 0.4) is 0 Å². The molecule has 0 spiro atoms. The fraction of sp³-hybridized carbons (Fsp3) is 0.818. The Balaban J connectivity index is 2.59. The van der Waals surface area contributed by atoms with Gasteiger partial charge in [-0.1, -0.05) is 20.8 Å². The Morgan fingerprint density at radius 2 is 2.13 bits per heavy atom. The molecule has 86 valence electrons. The van der Waals surface area contributed by atoms with Gasteiger partial charge in [0.15, 0.2) is 0 Å². The molecule has 4 nitrogen and oxygen atoms in total. The molecule has 1 heterocycles. The summed E-state index contributed by atoms with van der Waals surface area (Å²) in [6.07, 6.45) is 2.61. The standard InChI is InChI=1S/C11H22N4/c1-5-12-8-11(3,4)7-10-13-9-14-15(10)6-2/h9,12H,5-8H2,1-4H3. The lowest BCUT2D eigenvalue weighted by Crippen LogP contribution is -2.32. The molecule has 1 N–H and O–H groups in total. The van der Waals surface area contributed by atoms with Gasteiger partial charge in [-0.25, -0.2) is 4.98 Å². The van der Waals surface area contributed by atoms with Gasteiger partial charge in [-0.3, -0.25) is 4.68 Å². The molecule has 0 radical (unpaired) electrons. The molecule has 0 bridgehead atoms. The molecule has 1 aromatic heterocycles. The summed E-state index contributed by atoms with van der Waals surface area (Å²) >= 11 is 0. The van der Waals surface area contributed by atoms with Gasteiger partial charge in [0.05, 0.1) is 0 Å². The Bertz CT molecular complexity index is 291. The molecule has 4 heteroatoms. The maximum atomic E-state index is 4.30. The predicted molar refractivity (Wildman–Crippen MR) is 61.7 cm³/mol. The van der Waals surface area contributed by atoms with Crippen LogP contribution in [0.4, 0.5) is 0 Å². The van der Waals surface area contributed by atoms with Gasteiger partial charge in [0.25, 0.3) is 0 Å². The van der Waals surface area contributed by atoms with Crippen LogP contribution in [0.2, 0.25) is 0 Å². The van der Waals surface area contributed by atoms with E-state index in [0.717, 1.165) is 31.9 Å². The third kappa shape index (κ3) is 3.63. The van der Waals surface area contributed by atoms with Crippen LogP contribution in [0.1, 0.15) is 33.5 Å². The lowest BCUT2D eigenvalue weighted by atomic mass is 9.89. The Kier molecular flexibility index (Phi) is 4.27. The van der Waals surface area contributed by atoms with Gasteiger partial charge in [0, 0.05) is 19.5 Å². The van der Waals surface area contributed by atoms with E-state index in [1.165, 1.54) is 0 Å². The highest BCUT2D eigenvalue weighted by molar-refractivity contribution is 4.91. The third-order valence-electron chi connectivity index (χ3n) is 2.49. The van der Waals surface area contributed by atoms with E-state index in [1.54, 1.807) is 6.33 Å². The van der Waals surface area contributed by atoms with Crippen LogP contribution >= 0.6 is 0 Å². The number of rotatable bonds is 6. The Hall–Kier alpha value is -0.900. The van der Waals surface area contributed by atoms with Crippen molar-refractivity contribution in [2.75, 3.05) is 13.1 Å². The molecule has 0 fully saturated rings. The first-order valence-electron chi connectivity index (χ1n) is 5.66. The SMILES string of the molecule is CCNCC(C)(C)Cc1ncnn1CC. The van der Waals surface area contributed by atoms with Crippen LogP contribution in [0.15, 0.2) is 6.33 Å².